The average Bonchev–Trinajstić information content (AvgIpc) is 2.50. The third-order valence-electron chi connectivity index (χ3n) is 3.24. The van der Waals surface area contributed by atoms with Crippen molar-refractivity contribution in [1.29, 1.82) is 0 Å². The zero-order valence-electron chi connectivity index (χ0n) is 12.0. The largest absolute Gasteiger partial charge is 0.431 e. The van der Waals surface area contributed by atoms with Gasteiger partial charge in [-0.25, -0.2) is 18.1 Å². The van der Waals surface area contributed by atoms with E-state index in [1.807, 2.05) is 0 Å². The molecule has 1 heterocycles. The first kappa shape index (κ1) is 17.6. The topological polar surface area (TPSA) is 61.1 Å². The predicted molar refractivity (Wildman–Crippen MR) is 72.5 cm³/mol. The molecule has 1 aromatic carbocycles. The molecule has 2 aromatic rings. The first-order chi connectivity index (χ1) is 11.1. The van der Waals surface area contributed by atoms with Gasteiger partial charge < -0.3 is 0 Å². The smallest absolute Gasteiger partial charge is 0.292 e. The van der Waals surface area contributed by atoms with Crippen molar-refractivity contribution in [3.63, 3.8) is 0 Å². The van der Waals surface area contributed by atoms with Gasteiger partial charge >= 0.3 is 11.9 Å². The summed E-state index contributed by atoms with van der Waals surface area (Å²) in [6.07, 6.45) is -4.96. The number of rotatable bonds is 3. The van der Waals surface area contributed by atoms with Gasteiger partial charge in [-0.2, -0.15) is 13.2 Å². The minimum atomic E-state index is -4.96. The van der Waals surface area contributed by atoms with Gasteiger partial charge in [0.1, 0.15) is 11.5 Å². The second kappa shape index (κ2) is 6.02. The average molecular weight is 348 g/mol. The summed E-state index contributed by atoms with van der Waals surface area (Å²) in [5.41, 5.74) is -5.48. The summed E-state index contributed by atoms with van der Waals surface area (Å²) >= 11 is 0. The summed E-state index contributed by atoms with van der Waals surface area (Å²) in [5, 5.41) is 0. The first-order valence-electron chi connectivity index (χ1n) is 6.37. The van der Waals surface area contributed by atoms with Crippen LogP contribution in [0.15, 0.2) is 33.9 Å². The molecule has 0 saturated carbocycles. The van der Waals surface area contributed by atoms with Gasteiger partial charge in [0.2, 0.25) is 0 Å². The van der Waals surface area contributed by atoms with Crippen LogP contribution < -0.4 is 11.2 Å². The van der Waals surface area contributed by atoms with Crippen molar-refractivity contribution >= 4 is 5.78 Å². The Labute approximate surface area is 130 Å². The molecule has 5 nitrogen and oxygen atoms in total. The molecule has 0 atom stereocenters. The molecule has 0 aliphatic carbocycles. The molecule has 0 saturated heterocycles. The van der Waals surface area contributed by atoms with E-state index in [1.54, 1.807) is 0 Å². The minimum absolute atomic E-state index is 0.129. The molecule has 0 aliphatic heterocycles. The second-order valence-electron chi connectivity index (χ2n) is 4.77. The molecule has 0 radical (unpaired) electrons. The molecular formula is C14H9F5N2O3. The van der Waals surface area contributed by atoms with E-state index in [9.17, 15) is 36.3 Å². The van der Waals surface area contributed by atoms with Gasteiger partial charge in [-0.05, 0) is 18.2 Å². The molecule has 2 rings (SSSR count). The Morgan fingerprint density at radius 2 is 1.79 bits per heavy atom. The van der Waals surface area contributed by atoms with E-state index >= 15 is 0 Å². The summed E-state index contributed by atoms with van der Waals surface area (Å²) in [6, 6.07) is 2.50. The summed E-state index contributed by atoms with van der Waals surface area (Å²) in [6.45, 7) is -1.40. The van der Waals surface area contributed by atoms with Gasteiger partial charge in [-0.3, -0.25) is 14.2 Å². The van der Waals surface area contributed by atoms with Crippen molar-refractivity contribution in [1.82, 2.24) is 9.13 Å². The van der Waals surface area contributed by atoms with Crippen LogP contribution in [0.5, 0.6) is 0 Å². The van der Waals surface area contributed by atoms with E-state index in [2.05, 4.69) is 0 Å². The number of aromatic nitrogens is 2. The number of carbonyl (C=O) groups excluding carboxylic acids is 1. The number of hydrogen-bond donors (Lipinski definition) is 0. The fourth-order valence-corrected chi connectivity index (χ4v) is 2.05. The van der Waals surface area contributed by atoms with E-state index in [0.717, 1.165) is 19.2 Å². The number of carbonyl (C=O) groups is 1. The Balaban J connectivity index is 2.80. The van der Waals surface area contributed by atoms with Crippen molar-refractivity contribution in [3.05, 3.63) is 62.2 Å². The lowest BCUT2D eigenvalue weighted by molar-refractivity contribution is -0.144. The van der Waals surface area contributed by atoms with Gasteiger partial charge in [0.25, 0.3) is 5.56 Å². The standard InChI is InChI=1S/C14H9F5N2O3/c1-20-11(14(17,18)19)5-12(23)21(13(20)24)9-4-7(10(22)6-15)2-3-8(9)16/h2-5H,6H2,1H3. The van der Waals surface area contributed by atoms with Crippen LogP contribution in [0.25, 0.3) is 5.69 Å². The normalized spacial score (nSPS) is 11.6. The number of Topliss-reactive ketones (excluding diaryl/α,β-unsaturated/α-hetero) is 1. The SMILES string of the molecule is Cn1c(C(F)(F)F)cc(=O)n(-c2cc(C(=O)CF)ccc2F)c1=O. The highest BCUT2D eigenvalue weighted by molar-refractivity contribution is 5.97. The van der Waals surface area contributed by atoms with E-state index in [4.69, 9.17) is 0 Å². The van der Waals surface area contributed by atoms with Crippen LogP contribution in [-0.4, -0.2) is 21.6 Å². The number of hydrogen-bond acceptors (Lipinski definition) is 3. The quantitative estimate of drug-likeness (QED) is 0.628. The molecule has 24 heavy (non-hydrogen) atoms. The van der Waals surface area contributed by atoms with E-state index in [-0.39, 0.29) is 20.8 Å². The molecule has 0 amide bonds. The molecule has 128 valence electrons. The van der Waals surface area contributed by atoms with Crippen molar-refractivity contribution in [3.8, 4) is 5.69 Å². The number of ketones is 1. The highest BCUT2D eigenvalue weighted by atomic mass is 19.4. The van der Waals surface area contributed by atoms with Gasteiger partial charge in [-0.15, -0.1) is 0 Å². The Bertz CT molecular complexity index is 927. The van der Waals surface area contributed by atoms with Gasteiger partial charge in [-0.1, -0.05) is 0 Å². The minimum Gasteiger partial charge on any atom is -0.292 e. The van der Waals surface area contributed by atoms with Crippen LogP contribution in [0, 0.1) is 5.82 Å². The molecular weight excluding hydrogens is 339 g/mol. The fraction of sp³-hybridized carbons (Fsp3) is 0.214. The molecule has 0 N–H and O–H groups in total. The second-order valence-corrected chi connectivity index (χ2v) is 4.77. The number of alkyl halides is 4. The van der Waals surface area contributed by atoms with Crippen LogP contribution in [-0.2, 0) is 13.2 Å². The lowest BCUT2D eigenvalue weighted by Crippen LogP contribution is -2.41. The zero-order valence-corrected chi connectivity index (χ0v) is 12.0. The third kappa shape index (κ3) is 2.99. The number of benzene rings is 1. The van der Waals surface area contributed by atoms with Crippen LogP contribution in [0.1, 0.15) is 16.1 Å². The maximum atomic E-state index is 13.9. The van der Waals surface area contributed by atoms with Crippen LogP contribution >= 0.6 is 0 Å². The summed E-state index contributed by atoms with van der Waals surface area (Å²) in [7, 11) is 0.759. The maximum absolute atomic E-state index is 13.9. The van der Waals surface area contributed by atoms with E-state index in [0.29, 0.717) is 6.07 Å². The molecule has 0 bridgehead atoms. The third-order valence-corrected chi connectivity index (χ3v) is 3.24. The molecule has 0 aliphatic rings. The molecule has 1 aromatic heterocycles. The first-order valence-corrected chi connectivity index (χ1v) is 6.37. The monoisotopic (exact) mass is 348 g/mol. The van der Waals surface area contributed by atoms with Gasteiger partial charge in [0.05, 0.1) is 5.69 Å². The Morgan fingerprint density at radius 1 is 1.17 bits per heavy atom. The van der Waals surface area contributed by atoms with Gasteiger partial charge in [0, 0.05) is 18.7 Å². The zero-order chi connectivity index (χ0) is 18.2. The van der Waals surface area contributed by atoms with Gasteiger partial charge in [0.15, 0.2) is 12.5 Å². The van der Waals surface area contributed by atoms with Crippen LogP contribution in [0.3, 0.4) is 0 Å². The fourth-order valence-electron chi connectivity index (χ4n) is 2.05. The Hall–Kier alpha value is -2.78. The van der Waals surface area contributed by atoms with E-state index in [1.165, 1.54) is 0 Å². The molecule has 0 spiro atoms. The summed E-state index contributed by atoms with van der Waals surface area (Å²) in [5.74, 6) is -2.17. The van der Waals surface area contributed by atoms with Crippen molar-refractivity contribution in [2.45, 2.75) is 6.18 Å². The van der Waals surface area contributed by atoms with Crippen molar-refractivity contribution in [2.75, 3.05) is 6.67 Å². The summed E-state index contributed by atoms with van der Waals surface area (Å²) < 4.78 is 64.9. The number of nitrogens with zero attached hydrogens (tertiary/aromatic N) is 2. The molecule has 0 unspecified atom stereocenters. The molecule has 0 fully saturated rings. The van der Waals surface area contributed by atoms with Crippen LogP contribution in [0.4, 0.5) is 22.0 Å². The van der Waals surface area contributed by atoms with E-state index < -0.39 is 47.1 Å². The Morgan fingerprint density at radius 3 is 2.33 bits per heavy atom. The Kier molecular flexibility index (Phi) is 4.41. The lowest BCUT2D eigenvalue weighted by Gasteiger charge is -2.14. The van der Waals surface area contributed by atoms with Crippen LogP contribution in [0.2, 0.25) is 0 Å². The highest BCUT2D eigenvalue weighted by Gasteiger charge is 2.35. The molecule has 10 heteroatoms. The lowest BCUT2D eigenvalue weighted by atomic mass is 10.1. The van der Waals surface area contributed by atoms with Crippen molar-refractivity contribution in [2.24, 2.45) is 7.05 Å². The number of halogens is 5. The maximum Gasteiger partial charge on any atom is 0.431 e. The summed E-state index contributed by atoms with van der Waals surface area (Å²) in [4.78, 5) is 35.3. The highest BCUT2D eigenvalue weighted by Crippen LogP contribution is 2.27. The predicted octanol–water partition coefficient (Wildman–Crippen LogP) is 1.85. The van der Waals surface area contributed by atoms with Crippen molar-refractivity contribution < 1.29 is 26.7 Å².